The van der Waals surface area contributed by atoms with Crippen LogP contribution < -0.4 is 10.6 Å². The van der Waals surface area contributed by atoms with E-state index in [1.54, 1.807) is 16.2 Å². The van der Waals surface area contributed by atoms with E-state index in [1.807, 2.05) is 49.6 Å². The van der Waals surface area contributed by atoms with Gasteiger partial charge >= 0.3 is 11.9 Å². The fourth-order valence-electron chi connectivity index (χ4n) is 3.21. The number of anilines is 1. The monoisotopic (exact) mass is 499 g/mol. The first-order chi connectivity index (χ1) is 16.6. The van der Waals surface area contributed by atoms with Crippen LogP contribution in [-0.4, -0.2) is 69.2 Å². The summed E-state index contributed by atoms with van der Waals surface area (Å²) in [6.45, 7) is 5.65. The molecule has 1 amide bonds. The molecule has 0 saturated carbocycles. The molecule has 0 radical (unpaired) electrons. The quantitative estimate of drug-likeness (QED) is 0.381. The summed E-state index contributed by atoms with van der Waals surface area (Å²) in [5.41, 5.74) is 1.78. The zero-order valence-corrected chi connectivity index (χ0v) is 20.4. The van der Waals surface area contributed by atoms with Crippen molar-refractivity contribution in [3.05, 3.63) is 47.9 Å². The van der Waals surface area contributed by atoms with Crippen LogP contribution in [0.15, 0.2) is 47.9 Å². The zero-order chi connectivity index (χ0) is 25.8. The van der Waals surface area contributed by atoms with E-state index < -0.39 is 11.9 Å². The molecule has 1 aliphatic rings. The van der Waals surface area contributed by atoms with Crippen molar-refractivity contribution in [2.24, 2.45) is 0 Å². The molecule has 1 saturated heterocycles. The lowest BCUT2D eigenvalue weighted by Gasteiger charge is -2.28. The van der Waals surface area contributed by atoms with Crippen LogP contribution in [0, 0.1) is 11.3 Å². The number of benzene rings is 1. The van der Waals surface area contributed by atoms with E-state index in [4.69, 9.17) is 15.5 Å². The Morgan fingerprint density at radius 2 is 1.89 bits per heavy atom. The van der Waals surface area contributed by atoms with Crippen LogP contribution >= 0.6 is 11.3 Å². The summed E-state index contributed by atoms with van der Waals surface area (Å²) in [6.07, 6.45) is 2.80. The number of hydrogen-bond donors (Lipinski definition) is 4. The molecule has 186 valence electrons. The van der Waals surface area contributed by atoms with Crippen LogP contribution in [-0.2, 0) is 14.4 Å². The number of rotatable bonds is 9. The molecule has 1 aromatic heterocycles. The van der Waals surface area contributed by atoms with Gasteiger partial charge in [0.05, 0.1) is 18.3 Å². The molecule has 1 fully saturated rings. The Kier molecular flexibility index (Phi) is 10.4. The van der Waals surface area contributed by atoms with Gasteiger partial charge in [-0.2, -0.15) is 5.26 Å². The number of aliphatic carboxylic acids is 2. The average molecular weight is 500 g/mol. The summed E-state index contributed by atoms with van der Waals surface area (Å²) >= 11 is 1.57. The molecule has 0 spiro atoms. The Hall–Kier alpha value is -3.75. The molecule has 1 aliphatic heterocycles. The van der Waals surface area contributed by atoms with Gasteiger partial charge in [-0.05, 0) is 26.7 Å². The van der Waals surface area contributed by atoms with E-state index in [9.17, 15) is 14.4 Å². The summed E-state index contributed by atoms with van der Waals surface area (Å²) in [5.74, 6) is -2.52. The molecule has 35 heavy (non-hydrogen) atoms. The van der Waals surface area contributed by atoms with Gasteiger partial charge in [0.2, 0.25) is 5.91 Å². The normalized spacial score (nSPS) is 15.2. The fourth-order valence-corrected chi connectivity index (χ4v) is 3.93. The molecule has 4 N–H and O–H groups in total. The van der Waals surface area contributed by atoms with Gasteiger partial charge in [0, 0.05) is 41.7 Å². The number of aromatic nitrogens is 1. The van der Waals surface area contributed by atoms with Crippen LogP contribution in [0.5, 0.6) is 0 Å². The van der Waals surface area contributed by atoms with Crippen LogP contribution in [0.25, 0.3) is 11.3 Å². The van der Waals surface area contributed by atoms with Crippen molar-refractivity contribution >= 4 is 34.3 Å². The Labute approximate surface area is 207 Å². The molecule has 0 unspecified atom stereocenters. The summed E-state index contributed by atoms with van der Waals surface area (Å²) in [5, 5.41) is 34.3. The predicted octanol–water partition coefficient (Wildman–Crippen LogP) is 2.82. The molecule has 0 aliphatic carbocycles. The van der Waals surface area contributed by atoms with Gasteiger partial charge in [0.1, 0.15) is 6.04 Å². The minimum absolute atomic E-state index is 0.00672. The maximum Gasteiger partial charge on any atom is 0.328 e. The Bertz CT molecular complexity index is 1060. The fraction of sp³-hybridized carbons (Fsp3) is 0.375. The minimum atomic E-state index is -1.26. The highest BCUT2D eigenvalue weighted by Gasteiger charge is 2.29. The average Bonchev–Trinajstić information content (AvgIpc) is 3.51. The van der Waals surface area contributed by atoms with E-state index in [0.717, 1.165) is 29.2 Å². The molecule has 1 atom stereocenters. The highest BCUT2D eigenvalue weighted by atomic mass is 32.1. The zero-order valence-electron chi connectivity index (χ0n) is 19.6. The summed E-state index contributed by atoms with van der Waals surface area (Å²) < 4.78 is 0. The van der Waals surface area contributed by atoms with Crippen molar-refractivity contribution in [3.8, 4) is 17.3 Å². The minimum Gasteiger partial charge on any atom is -0.478 e. The van der Waals surface area contributed by atoms with Crippen molar-refractivity contribution in [1.82, 2.24) is 15.2 Å². The highest BCUT2D eigenvalue weighted by Crippen LogP contribution is 2.25. The largest absolute Gasteiger partial charge is 0.478 e. The van der Waals surface area contributed by atoms with Crippen molar-refractivity contribution < 1.29 is 24.6 Å². The van der Waals surface area contributed by atoms with Crippen molar-refractivity contribution in [1.29, 1.82) is 5.26 Å². The maximum absolute atomic E-state index is 12.4. The maximum atomic E-state index is 12.4. The Morgan fingerprint density at radius 3 is 2.49 bits per heavy atom. The number of nitrogens with zero attached hydrogens (tertiary/aromatic N) is 3. The van der Waals surface area contributed by atoms with Gasteiger partial charge < -0.3 is 25.7 Å². The van der Waals surface area contributed by atoms with E-state index in [2.05, 4.69) is 21.7 Å². The lowest BCUT2D eigenvalue weighted by Crippen LogP contribution is -2.50. The summed E-state index contributed by atoms with van der Waals surface area (Å²) in [6, 6.07) is 12.0. The van der Waals surface area contributed by atoms with Crippen LogP contribution in [0.2, 0.25) is 0 Å². The lowest BCUT2D eigenvalue weighted by atomic mass is 10.1. The number of amides is 1. The van der Waals surface area contributed by atoms with Crippen molar-refractivity contribution in [2.75, 3.05) is 25.0 Å². The third kappa shape index (κ3) is 9.56. The first-order valence-corrected chi connectivity index (χ1v) is 11.8. The molecule has 2 heterocycles. The van der Waals surface area contributed by atoms with Gasteiger partial charge in [0.15, 0.2) is 5.13 Å². The molecule has 11 heteroatoms. The first kappa shape index (κ1) is 27.5. The second-order valence-corrected chi connectivity index (χ2v) is 9.24. The second-order valence-electron chi connectivity index (χ2n) is 8.38. The van der Waals surface area contributed by atoms with Gasteiger partial charge in [-0.3, -0.25) is 4.79 Å². The van der Waals surface area contributed by atoms with E-state index in [-0.39, 0.29) is 24.0 Å². The van der Waals surface area contributed by atoms with Gasteiger partial charge in [0.25, 0.3) is 0 Å². The second kappa shape index (κ2) is 13.2. The SMILES string of the molecule is CC(C)(CNc1nc(-c2ccccc2)cs1)NCC(=O)N1CCC[C@H]1C#N.O=C(O)/C=C/C(=O)O. The number of nitrogens with one attached hydrogen (secondary N) is 2. The number of thiazole rings is 1. The topological polar surface area (TPSA) is 156 Å². The third-order valence-electron chi connectivity index (χ3n) is 5.06. The summed E-state index contributed by atoms with van der Waals surface area (Å²) in [7, 11) is 0. The number of carbonyl (C=O) groups excluding carboxylic acids is 1. The number of carbonyl (C=O) groups is 3. The van der Waals surface area contributed by atoms with Gasteiger partial charge in [-0.15, -0.1) is 11.3 Å². The smallest absolute Gasteiger partial charge is 0.328 e. The van der Waals surface area contributed by atoms with Crippen molar-refractivity contribution in [2.45, 2.75) is 38.3 Å². The molecule has 10 nitrogen and oxygen atoms in total. The number of hydrogen-bond acceptors (Lipinski definition) is 8. The van der Waals surface area contributed by atoms with Gasteiger partial charge in [-0.1, -0.05) is 30.3 Å². The van der Waals surface area contributed by atoms with E-state index >= 15 is 0 Å². The molecule has 2 aromatic rings. The molecule has 1 aromatic carbocycles. The Morgan fingerprint density at radius 1 is 1.23 bits per heavy atom. The number of likely N-dealkylation sites (tertiary alicyclic amines) is 1. The third-order valence-corrected chi connectivity index (χ3v) is 5.86. The number of carboxylic acid groups (broad SMARTS) is 2. The van der Waals surface area contributed by atoms with E-state index in [1.165, 1.54) is 0 Å². The highest BCUT2D eigenvalue weighted by molar-refractivity contribution is 7.14. The lowest BCUT2D eigenvalue weighted by molar-refractivity contribution is -0.134. The van der Waals surface area contributed by atoms with Gasteiger partial charge in [-0.25, -0.2) is 14.6 Å². The van der Waals surface area contributed by atoms with E-state index in [0.29, 0.717) is 25.2 Å². The molecule has 3 rings (SSSR count). The molecular formula is C24H29N5O5S. The standard InChI is InChI=1S/C20H25N5OS.C4H4O4/c1-20(2,23-12-18(26)25-10-6-9-16(25)11-21)14-22-19-24-17(13-27-19)15-7-4-3-5-8-15;5-3(6)1-2-4(7)8/h3-5,7-8,13,16,23H,6,9-10,12,14H2,1-2H3,(H,22,24);1-2H,(H,5,6)(H,7,8)/b;2-1+/t16-;/m0./s1. The van der Waals surface area contributed by atoms with Crippen LogP contribution in [0.4, 0.5) is 5.13 Å². The Balaban J connectivity index is 0.000000466. The van der Waals surface area contributed by atoms with Crippen LogP contribution in [0.3, 0.4) is 0 Å². The van der Waals surface area contributed by atoms with Crippen LogP contribution in [0.1, 0.15) is 26.7 Å². The molecule has 0 bridgehead atoms. The van der Waals surface area contributed by atoms with Crippen molar-refractivity contribution in [3.63, 3.8) is 0 Å². The molecular weight excluding hydrogens is 470 g/mol. The summed E-state index contributed by atoms with van der Waals surface area (Å²) in [4.78, 5) is 37.8. The number of carboxylic acids is 2. The number of nitriles is 1. The first-order valence-electron chi connectivity index (χ1n) is 10.9. The predicted molar refractivity (Wildman–Crippen MR) is 133 cm³/mol.